The van der Waals surface area contributed by atoms with Crippen molar-refractivity contribution in [3.8, 4) is 0 Å². The minimum Gasteiger partial charge on any atom is -0.337 e. The Morgan fingerprint density at radius 3 is 2.15 bits per heavy atom. The van der Waals surface area contributed by atoms with Crippen LogP contribution in [0.25, 0.3) is 0 Å². The third-order valence-electron chi connectivity index (χ3n) is 4.11. The fraction of sp³-hybridized carbons (Fsp3) is 0.391. The van der Waals surface area contributed by atoms with Gasteiger partial charge >= 0.3 is 0 Å². The van der Waals surface area contributed by atoms with Gasteiger partial charge in [0.15, 0.2) is 11.7 Å². The Hall–Kier alpha value is -2.62. The summed E-state index contributed by atoms with van der Waals surface area (Å²) in [6, 6.07) is 16.7. The monoisotopic (exact) mass is 364 g/mol. The highest BCUT2D eigenvalue weighted by Gasteiger charge is 2.20. The van der Waals surface area contributed by atoms with Crippen molar-refractivity contribution in [1.82, 2.24) is 0 Å². The van der Waals surface area contributed by atoms with E-state index in [0.29, 0.717) is 0 Å². The van der Waals surface area contributed by atoms with Gasteiger partial charge in [-0.3, -0.25) is 9.98 Å². The molecule has 0 spiro atoms. The maximum absolute atomic E-state index is 4.80. The number of anilines is 2. The summed E-state index contributed by atoms with van der Waals surface area (Å²) in [6.45, 7) is 12.9. The van der Waals surface area contributed by atoms with Crippen molar-refractivity contribution in [3.05, 3.63) is 59.7 Å². The summed E-state index contributed by atoms with van der Waals surface area (Å²) in [5.74, 6) is 1.46. The van der Waals surface area contributed by atoms with Crippen LogP contribution in [0.2, 0.25) is 0 Å². The van der Waals surface area contributed by atoms with Crippen LogP contribution in [-0.2, 0) is 5.41 Å². The molecule has 2 N–H and O–H groups in total. The first-order valence-electron chi connectivity index (χ1n) is 9.46. The van der Waals surface area contributed by atoms with Crippen molar-refractivity contribution in [1.29, 1.82) is 0 Å². The van der Waals surface area contributed by atoms with Crippen LogP contribution in [0.15, 0.2) is 58.5 Å². The Kier molecular flexibility index (Phi) is 6.78. The van der Waals surface area contributed by atoms with Crippen molar-refractivity contribution in [2.75, 3.05) is 17.7 Å². The lowest BCUT2D eigenvalue weighted by Gasteiger charge is -2.25. The zero-order valence-corrected chi connectivity index (χ0v) is 17.6. The van der Waals surface area contributed by atoms with E-state index >= 15 is 0 Å². The molecule has 2 aromatic rings. The normalized spacial score (nSPS) is 13.0. The van der Waals surface area contributed by atoms with Crippen LogP contribution >= 0.6 is 0 Å². The summed E-state index contributed by atoms with van der Waals surface area (Å²) >= 11 is 0. The summed E-state index contributed by atoms with van der Waals surface area (Å²) in [5.41, 5.74) is 4.53. The molecule has 0 aliphatic heterocycles. The predicted octanol–water partition coefficient (Wildman–Crippen LogP) is 5.65. The van der Waals surface area contributed by atoms with Gasteiger partial charge in [0.2, 0.25) is 0 Å². The van der Waals surface area contributed by atoms with E-state index < -0.39 is 0 Å². The number of hydrogen-bond donors (Lipinski definition) is 2. The first-order chi connectivity index (χ1) is 12.7. The van der Waals surface area contributed by atoms with E-state index in [4.69, 9.17) is 4.99 Å². The molecule has 4 nitrogen and oxygen atoms in total. The van der Waals surface area contributed by atoms with E-state index in [1.165, 1.54) is 11.1 Å². The Balaban J connectivity index is 2.42. The Labute approximate surface area is 163 Å². The molecular formula is C23H32N4. The van der Waals surface area contributed by atoms with Gasteiger partial charge in [0, 0.05) is 24.5 Å². The molecule has 0 atom stereocenters. The SMILES string of the molecule is C/N=C(Nc1ccccc1)\C(=N/C(C)C)Nc1cc(C)ccc1C(C)(C)C. The first-order valence-corrected chi connectivity index (χ1v) is 9.46. The summed E-state index contributed by atoms with van der Waals surface area (Å²) in [5, 5.41) is 6.94. The quantitative estimate of drug-likeness (QED) is 0.546. The largest absolute Gasteiger partial charge is 0.337 e. The average molecular weight is 365 g/mol. The maximum Gasteiger partial charge on any atom is 0.169 e. The van der Waals surface area contributed by atoms with Gasteiger partial charge in [-0.2, -0.15) is 0 Å². The smallest absolute Gasteiger partial charge is 0.169 e. The number of benzene rings is 2. The molecule has 0 bridgehead atoms. The van der Waals surface area contributed by atoms with E-state index in [1.54, 1.807) is 7.05 Å². The molecule has 0 aromatic heterocycles. The molecule has 0 fully saturated rings. The third kappa shape index (κ3) is 5.95. The van der Waals surface area contributed by atoms with E-state index in [-0.39, 0.29) is 11.5 Å². The second-order valence-corrected chi connectivity index (χ2v) is 8.06. The minimum atomic E-state index is 0.0232. The van der Waals surface area contributed by atoms with Crippen molar-refractivity contribution in [3.63, 3.8) is 0 Å². The van der Waals surface area contributed by atoms with Crippen molar-refractivity contribution in [2.24, 2.45) is 9.98 Å². The van der Waals surface area contributed by atoms with Crippen LogP contribution in [-0.4, -0.2) is 24.8 Å². The molecule has 0 radical (unpaired) electrons. The van der Waals surface area contributed by atoms with Gasteiger partial charge in [-0.05, 0) is 55.5 Å². The average Bonchev–Trinajstić information content (AvgIpc) is 2.58. The van der Waals surface area contributed by atoms with Gasteiger partial charge in [-0.1, -0.05) is 51.1 Å². The Morgan fingerprint density at radius 2 is 1.59 bits per heavy atom. The van der Waals surface area contributed by atoms with Gasteiger partial charge in [0.05, 0.1) is 0 Å². The third-order valence-corrected chi connectivity index (χ3v) is 4.11. The summed E-state index contributed by atoms with van der Waals surface area (Å²) in [6.07, 6.45) is 0. The van der Waals surface area contributed by atoms with E-state index in [2.05, 4.69) is 75.4 Å². The van der Waals surface area contributed by atoms with E-state index in [1.807, 2.05) is 30.3 Å². The van der Waals surface area contributed by atoms with Crippen LogP contribution in [0.5, 0.6) is 0 Å². The number of hydrogen-bond acceptors (Lipinski definition) is 2. The lowest BCUT2D eigenvalue weighted by atomic mass is 9.85. The van der Waals surface area contributed by atoms with Gasteiger partial charge in [0.25, 0.3) is 0 Å². The highest BCUT2D eigenvalue weighted by Crippen LogP contribution is 2.30. The highest BCUT2D eigenvalue weighted by molar-refractivity contribution is 6.48. The topological polar surface area (TPSA) is 48.8 Å². The zero-order valence-electron chi connectivity index (χ0n) is 17.6. The maximum atomic E-state index is 4.80. The lowest BCUT2D eigenvalue weighted by Crippen LogP contribution is -2.32. The molecule has 0 aliphatic carbocycles. The van der Waals surface area contributed by atoms with Crippen LogP contribution in [0, 0.1) is 6.92 Å². The van der Waals surface area contributed by atoms with Crippen LogP contribution < -0.4 is 10.6 Å². The molecule has 0 saturated heterocycles. The number of aliphatic imine (C=N–C) groups is 2. The second kappa shape index (κ2) is 8.85. The number of nitrogens with zero attached hydrogens (tertiary/aromatic N) is 2. The second-order valence-electron chi connectivity index (χ2n) is 8.06. The standard InChI is InChI=1S/C23H32N4/c1-16(2)25-22(21(24-7)26-18-11-9-8-10-12-18)27-20-15-17(3)13-14-19(20)23(4,5)6/h8-16H,1-7H3,(H,24,26)(H,25,27). The van der Waals surface area contributed by atoms with Gasteiger partial charge in [-0.15, -0.1) is 0 Å². The molecule has 27 heavy (non-hydrogen) atoms. The zero-order chi connectivity index (χ0) is 20.0. The highest BCUT2D eigenvalue weighted by atomic mass is 15.1. The summed E-state index contributed by atoms with van der Waals surface area (Å²) in [7, 11) is 1.78. The van der Waals surface area contributed by atoms with Crippen LogP contribution in [0.1, 0.15) is 45.7 Å². The van der Waals surface area contributed by atoms with Gasteiger partial charge in [-0.25, -0.2) is 0 Å². The van der Waals surface area contributed by atoms with Crippen LogP contribution in [0.3, 0.4) is 0 Å². The first kappa shape index (κ1) is 20.7. The number of aryl methyl sites for hydroxylation is 1. The predicted molar refractivity (Wildman–Crippen MR) is 119 cm³/mol. The van der Waals surface area contributed by atoms with E-state index in [0.717, 1.165) is 23.0 Å². The lowest BCUT2D eigenvalue weighted by molar-refractivity contribution is 0.592. The Bertz CT molecular complexity index is 812. The number of rotatable bonds is 3. The fourth-order valence-corrected chi connectivity index (χ4v) is 2.83. The summed E-state index contributed by atoms with van der Waals surface area (Å²) in [4.78, 5) is 9.26. The molecule has 0 saturated carbocycles. The Morgan fingerprint density at radius 1 is 0.926 bits per heavy atom. The molecular weight excluding hydrogens is 332 g/mol. The molecule has 0 amide bonds. The van der Waals surface area contributed by atoms with E-state index in [9.17, 15) is 0 Å². The molecule has 0 heterocycles. The van der Waals surface area contributed by atoms with Crippen molar-refractivity contribution in [2.45, 2.75) is 53.0 Å². The molecule has 0 unspecified atom stereocenters. The molecule has 2 rings (SSSR count). The molecule has 0 aliphatic rings. The van der Waals surface area contributed by atoms with Gasteiger partial charge in [0.1, 0.15) is 0 Å². The minimum absolute atomic E-state index is 0.0232. The van der Waals surface area contributed by atoms with Gasteiger partial charge < -0.3 is 10.6 Å². The number of amidine groups is 2. The number of nitrogens with one attached hydrogen (secondary N) is 2. The van der Waals surface area contributed by atoms with Crippen LogP contribution in [0.4, 0.5) is 11.4 Å². The van der Waals surface area contributed by atoms with Crippen molar-refractivity contribution >= 4 is 23.0 Å². The number of para-hydroxylation sites is 1. The molecule has 4 heteroatoms. The summed E-state index contributed by atoms with van der Waals surface area (Å²) < 4.78 is 0. The molecule has 144 valence electrons. The molecule has 2 aromatic carbocycles. The fourth-order valence-electron chi connectivity index (χ4n) is 2.83. The van der Waals surface area contributed by atoms with Crippen molar-refractivity contribution < 1.29 is 0 Å².